The van der Waals surface area contributed by atoms with Crippen molar-refractivity contribution in [1.29, 1.82) is 0 Å². The lowest BCUT2D eigenvalue weighted by atomic mass is 9.92. The Kier molecular flexibility index (Phi) is 4.47. The van der Waals surface area contributed by atoms with Gasteiger partial charge in [0.05, 0.1) is 6.61 Å². The maximum Gasteiger partial charge on any atom is 0.122 e. The highest BCUT2D eigenvalue weighted by atomic mass is 79.9. The first kappa shape index (κ1) is 13.5. The average Bonchev–Trinajstić information content (AvgIpc) is 2.75. The maximum absolute atomic E-state index is 5.58. The van der Waals surface area contributed by atoms with Crippen molar-refractivity contribution in [2.75, 3.05) is 6.61 Å². The highest BCUT2D eigenvalue weighted by Crippen LogP contribution is 2.37. The Morgan fingerprint density at radius 2 is 1.95 bits per heavy atom. The van der Waals surface area contributed by atoms with Gasteiger partial charge in [0.25, 0.3) is 0 Å². The second-order valence-corrected chi connectivity index (χ2v) is 7.13. The monoisotopic (exact) mass is 322 g/mol. The molecule has 0 radical (unpaired) electrons. The minimum Gasteiger partial charge on any atom is -0.493 e. The molecule has 2 heteroatoms. The molecule has 1 aromatic carbocycles. The number of benzene rings is 1. The first-order valence-electron chi connectivity index (χ1n) is 7.72. The zero-order chi connectivity index (χ0) is 13.1. The number of fused-ring (bicyclic) bond motifs is 1. The van der Waals surface area contributed by atoms with Crippen LogP contribution in [-0.4, -0.2) is 6.61 Å². The molecule has 1 heterocycles. The predicted octanol–water partition coefficient (Wildman–Crippen LogP) is 5.42. The molecule has 1 aliphatic carbocycles. The average molecular weight is 323 g/mol. The molecule has 1 nitrogen and oxygen atoms in total. The largest absolute Gasteiger partial charge is 0.493 e. The van der Waals surface area contributed by atoms with E-state index in [1.54, 1.807) is 0 Å². The van der Waals surface area contributed by atoms with Gasteiger partial charge in [0.1, 0.15) is 5.75 Å². The molecule has 0 amide bonds. The third-order valence-corrected chi connectivity index (χ3v) is 5.49. The van der Waals surface area contributed by atoms with Gasteiger partial charge in [-0.2, -0.15) is 0 Å². The molecule has 1 atom stereocenters. The van der Waals surface area contributed by atoms with E-state index in [0.717, 1.165) is 24.7 Å². The molecule has 0 saturated heterocycles. The number of hydrogen-bond acceptors (Lipinski definition) is 1. The summed E-state index contributed by atoms with van der Waals surface area (Å²) in [6, 6.07) is 6.73. The SMILES string of the molecule is BrC(CC1CCCCCC1)c1ccc2c(c1)CCO2. The summed E-state index contributed by atoms with van der Waals surface area (Å²) < 4.78 is 5.58. The highest BCUT2D eigenvalue weighted by molar-refractivity contribution is 9.09. The molecule has 1 unspecified atom stereocenters. The summed E-state index contributed by atoms with van der Waals surface area (Å²) in [6.07, 6.45) is 11.0. The molecule has 1 saturated carbocycles. The van der Waals surface area contributed by atoms with E-state index in [1.165, 1.54) is 56.1 Å². The third-order valence-electron chi connectivity index (χ3n) is 4.59. The van der Waals surface area contributed by atoms with Gasteiger partial charge in [0, 0.05) is 11.2 Å². The van der Waals surface area contributed by atoms with Crippen LogP contribution in [0.15, 0.2) is 18.2 Å². The van der Waals surface area contributed by atoms with E-state index in [2.05, 4.69) is 34.1 Å². The Balaban J connectivity index is 1.64. The first-order valence-corrected chi connectivity index (χ1v) is 8.64. The van der Waals surface area contributed by atoms with Crippen LogP contribution >= 0.6 is 15.9 Å². The van der Waals surface area contributed by atoms with Crippen molar-refractivity contribution in [3.63, 3.8) is 0 Å². The number of hydrogen-bond donors (Lipinski definition) is 0. The Hall–Kier alpha value is -0.500. The molecule has 1 fully saturated rings. The topological polar surface area (TPSA) is 9.23 Å². The standard InChI is InChI=1S/C17H23BrO/c18-16(11-13-5-3-1-2-4-6-13)14-7-8-17-15(12-14)9-10-19-17/h7-8,12-13,16H,1-6,9-11H2. The van der Waals surface area contributed by atoms with Crippen molar-refractivity contribution in [3.05, 3.63) is 29.3 Å². The fourth-order valence-corrected chi connectivity index (χ4v) is 4.24. The lowest BCUT2D eigenvalue weighted by molar-refractivity contribution is 0.357. The lowest BCUT2D eigenvalue weighted by Gasteiger charge is -2.19. The van der Waals surface area contributed by atoms with Crippen LogP contribution in [0.2, 0.25) is 0 Å². The maximum atomic E-state index is 5.58. The molecule has 1 aromatic rings. The highest BCUT2D eigenvalue weighted by Gasteiger charge is 2.19. The van der Waals surface area contributed by atoms with E-state index in [1.807, 2.05) is 0 Å². The van der Waals surface area contributed by atoms with Crippen molar-refractivity contribution in [2.24, 2.45) is 5.92 Å². The van der Waals surface area contributed by atoms with Gasteiger partial charge in [-0.1, -0.05) is 66.6 Å². The van der Waals surface area contributed by atoms with Gasteiger partial charge in [-0.05, 0) is 29.5 Å². The van der Waals surface area contributed by atoms with Crippen molar-refractivity contribution < 1.29 is 4.74 Å². The predicted molar refractivity (Wildman–Crippen MR) is 83.1 cm³/mol. The van der Waals surface area contributed by atoms with Crippen molar-refractivity contribution in [1.82, 2.24) is 0 Å². The van der Waals surface area contributed by atoms with Crippen LogP contribution in [0.3, 0.4) is 0 Å². The molecule has 3 rings (SSSR count). The second-order valence-electron chi connectivity index (χ2n) is 6.03. The summed E-state index contributed by atoms with van der Waals surface area (Å²) in [7, 11) is 0. The van der Waals surface area contributed by atoms with Gasteiger partial charge in [0.15, 0.2) is 0 Å². The summed E-state index contributed by atoms with van der Waals surface area (Å²) in [5.74, 6) is 2.01. The molecule has 0 bridgehead atoms. The van der Waals surface area contributed by atoms with Gasteiger partial charge in [-0.15, -0.1) is 0 Å². The Labute approximate surface area is 124 Å². The van der Waals surface area contributed by atoms with Crippen LogP contribution in [-0.2, 0) is 6.42 Å². The lowest BCUT2D eigenvalue weighted by Crippen LogP contribution is -2.03. The molecular formula is C17H23BrO. The second kappa shape index (κ2) is 6.30. The zero-order valence-electron chi connectivity index (χ0n) is 11.5. The van der Waals surface area contributed by atoms with E-state index in [-0.39, 0.29) is 0 Å². The van der Waals surface area contributed by atoms with Crippen molar-refractivity contribution >= 4 is 15.9 Å². The smallest absolute Gasteiger partial charge is 0.122 e. The van der Waals surface area contributed by atoms with E-state index in [4.69, 9.17) is 4.74 Å². The van der Waals surface area contributed by atoms with Crippen LogP contribution in [0.1, 0.15) is 60.9 Å². The van der Waals surface area contributed by atoms with Gasteiger partial charge in [0.2, 0.25) is 0 Å². The number of rotatable bonds is 3. The van der Waals surface area contributed by atoms with E-state index >= 15 is 0 Å². The van der Waals surface area contributed by atoms with Gasteiger partial charge < -0.3 is 4.74 Å². The van der Waals surface area contributed by atoms with Crippen LogP contribution in [0.4, 0.5) is 0 Å². The van der Waals surface area contributed by atoms with E-state index < -0.39 is 0 Å². The van der Waals surface area contributed by atoms with Crippen LogP contribution in [0.25, 0.3) is 0 Å². The molecule has 19 heavy (non-hydrogen) atoms. The van der Waals surface area contributed by atoms with E-state index in [9.17, 15) is 0 Å². The molecular weight excluding hydrogens is 300 g/mol. The number of halogens is 1. The molecule has 0 N–H and O–H groups in total. The van der Waals surface area contributed by atoms with Gasteiger partial charge >= 0.3 is 0 Å². The summed E-state index contributed by atoms with van der Waals surface area (Å²) in [5.41, 5.74) is 2.83. The van der Waals surface area contributed by atoms with E-state index in [0.29, 0.717) is 4.83 Å². The summed E-state index contributed by atoms with van der Waals surface area (Å²) in [5, 5.41) is 0. The fraction of sp³-hybridized carbons (Fsp3) is 0.647. The molecule has 0 aromatic heterocycles. The quantitative estimate of drug-likeness (QED) is 0.533. The van der Waals surface area contributed by atoms with Gasteiger partial charge in [-0.3, -0.25) is 0 Å². The normalized spacial score (nSPS) is 21.5. The van der Waals surface area contributed by atoms with Crippen LogP contribution in [0.5, 0.6) is 5.75 Å². The summed E-state index contributed by atoms with van der Waals surface area (Å²) >= 11 is 3.91. The summed E-state index contributed by atoms with van der Waals surface area (Å²) in [6.45, 7) is 0.856. The molecule has 1 aliphatic heterocycles. The van der Waals surface area contributed by atoms with Crippen molar-refractivity contribution in [2.45, 2.75) is 56.2 Å². The first-order chi connectivity index (χ1) is 9.33. The number of alkyl halides is 1. The van der Waals surface area contributed by atoms with Crippen molar-refractivity contribution in [3.8, 4) is 5.75 Å². The molecule has 2 aliphatic rings. The van der Waals surface area contributed by atoms with Crippen LogP contribution in [0, 0.1) is 5.92 Å². The van der Waals surface area contributed by atoms with Gasteiger partial charge in [-0.25, -0.2) is 0 Å². The minimum absolute atomic E-state index is 0.515. The minimum atomic E-state index is 0.515. The third kappa shape index (κ3) is 3.34. The Bertz CT molecular complexity index is 421. The Morgan fingerprint density at radius 3 is 2.74 bits per heavy atom. The molecule has 0 spiro atoms. The van der Waals surface area contributed by atoms with Crippen LogP contribution < -0.4 is 4.74 Å². The summed E-state index contributed by atoms with van der Waals surface area (Å²) in [4.78, 5) is 0.515. The number of ether oxygens (including phenoxy) is 1. The fourth-order valence-electron chi connectivity index (χ4n) is 3.43. The Morgan fingerprint density at radius 1 is 1.16 bits per heavy atom. The molecule has 104 valence electrons. The zero-order valence-corrected chi connectivity index (χ0v) is 13.1.